The van der Waals surface area contributed by atoms with Crippen molar-refractivity contribution in [2.75, 3.05) is 0 Å². The molecule has 2 aromatic rings. The van der Waals surface area contributed by atoms with Crippen molar-refractivity contribution < 1.29 is 14.4 Å². The second-order valence-corrected chi connectivity index (χ2v) is 3.07. The maximum absolute atomic E-state index is 10.6. The van der Waals surface area contributed by atoms with Crippen LogP contribution < -0.4 is 0 Å². The minimum absolute atomic E-state index is 0.0977. The van der Waals surface area contributed by atoms with Crippen LogP contribution in [-0.2, 0) is 0 Å². The highest BCUT2D eigenvalue weighted by Crippen LogP contribution is 2.20. The monoisotopic (exact) mass is 204 g/mol. The molecule has 0 aliphatic carbocycles. The Hall–Kier alpha value is -2.17. The van der Waals surface area contributed by atoms with Gasteiger partial charge in [0.15, 0.2) is 11.5 Å². The average molecular weight is 204 g/mol. The van der Waals surface area contributed by atoms with Crippen LogP contribution in [0, 0.1) is 6.92 Å². The first-order valence-corrected chi connectivity index (χ1v) is 4.30. The average Bonchev–Trinajstić information content (AvgIpc) is 2.66. The molecule has 0 radical (unpaired) electrons. The second kappa shape index (κ2) is 3.53. The third-order valence-corrected chi connectivity index (χ3v) is 1.91. The molecule has 15 heavy (non-hydrogen) atoms. The van der Waals surface area contributed by atoms with E-state index in [1.165, 1.54) is 6.07 Å². The maximum Gasteiger partial charge on any atom is 0.358 e. The summed E-state index contributed by atoms with van der Waals surface area (Å²) >= 11 is 0. The SMILES string of the molecule is Cc1cc(-c2cc(C(=O)O)no2)ccn1. The van der Waals surface area contributed by atoms with Crippen LogP contribution in [0.5, 0.6) is 0 Å². The van der Waals surface area contributed by atoms with Crippen LogP contribution in [0.1, 0.15) is 16.2 Å². The Bertz CT molecular complexity index is 505. The van der Waals surface area contributed by atoms with Crippen molar-refractivity contribution in [1.29, 1.82) is 0 Å². The molecule has 5 nitrogen and oxygen atoms in total. The molecule has 1 N–H and O–H groups in total. The van der Waals surface area contributed by atoms with E-state index >= 15 is 0 Å². The fourth-order valence-corrected chi connectivity index (χ4v) is 1.21. The van der Waals surface area contributed by atoms with E-state index in [1.54, 1.807) is 18.3 Å². The summed E-state index contributed by atoms with van der Waals surface area (Å²) in [6.07, 6.45) is 1.63. The Morgan fingerprint density at radius 2 is 2.27 bits per heavy atom. The topological polar surface area (TPSA) is 76.2 Å². The van der Waals surface area contributed by atoms with Crippen LogP contribution in [0.4, 0.5) is 0 Å². The zero-order valence-corrected chi connectivity index (χ0v) is 7.97. The molecule has 0 amide bonds. The van der Waals surface area contributed by atoms with E-state index in [2.05, 4.69) is 10.1 Å². The van der Waals surface area contributed by atoms with E-state index in [9.17, 15) is 4.79 Å². The van der Waals surface area contributed by atoms with E-state index in [0.29, 0.717) is 5.76 Å². The summed E-state index contributed by atoms with van der Waals surface area (Å²) < 4.78 is 4.91. The predicted molar refractivity (Wildman–Crippen MR) is 51.4 cm³/mol. The molecule has 0 atom stereocenters. The minimum Gasteiger partial charge on any atom is -0.476 e. The predicted octanol–water partition coefficient (Wildman–Crippen LogP) is 1.74. The van der Waals surface area contributed by atoms with Crippen molar-refractivity contribution in [3.63, 3.8) is 0 Å². The molecule has 2 rings (SSSR count). The number of hydrogen-bond acceptors (Lipinski definition) is 4. The van der Waals surface area contributed by atoms with Gasteiger partial charge in [-0.1, -0.05) is 5.16 Å². The molecule has 0 aliphatic rings. The standard InChI is InChI=1S/C10H8N2O3/c1-6-4-7(2-3-11-6)9-5-8(10(13)14)12-15-9/h2-5H,1H3,(H,13,14). The van der Waals surface area contributed by atoms with E-state index < -0.39 is 5.97 Å². The summed E-state index contributed by atoms with van der Waals surface area (Å²) in [5.74, 6) is -0.673. The third-order valence-electron chi connectivity index (χ3n) is 1.91. The number of nitrogens with zero attached hydrogens (tertiary/aromatic N) is 2. The van der Waals surface area contributed by atoms with E-state index in [-0.39, 0.29) is 5.69 Å². The number of aryl methyl sites for hydroxylation is 1. The lowest BCUT2D eigenvalue weighted by molar-refractivity contribution is 0.0686. The molecule has 2 heterocycles. The number of carboxylic acids is 1. The van der Waals surface area contributed by atoms with Gasteiger partial charge in [-0.2, -0.15) is 0 Å². The quantitative estimate of drug-likeness (QED) is 0.806. The summed E-state index contributed by atoms with van der Waals surface area (Å²) in [6.45, 7) is 1.85. The minimum atomic E-state index is -1.10. The van der Waals surface area contributed by atoms with E-state index in [4.69, 9.17) is 9.63 Å². The zero-order valence-electron chi connectivity index (χ0n) is 7.97. The molecular weight excluding hydrogens is 196 g/mol. The molecule has 0 spiro atoms. The van der Waals surface area contributed by atoms with Gasteiger partial charge in [0.2, 0.25) is 0 Å². The summed E-state index contributed by atoms with van der Waals surface area (Å²) in [5.41, 5.74) is 1.50. The summed E-state index contributed by atoms with van der Waals surface area (Å²) in [6, 6.07) is 4.92. The van der Waals surface area contributed by atoms with Gasteiger partial charge in [0.1, 0.15) is 0 Å². The molecule has 0 saturated heterocycles. The van der Waals surface area contributed by atoms with Gasteiger partial charge in [0, 0.05) is 23.5 Å². The molecule has 0 saturated carbocycles. The maximum atomic E-state index is 10.6. The summed E-state index contributed by atoms with van der Waals surface area (Å²) in [4.78, 5) is 14.6. The van der Waals surface area contributed by atoms with Gasteiger partial charge in [-0.3, -0.25) is 4.98 Å². The Labute approximate surface area is 85.4 Å². The molecule has 0 aromatic carbocycles. The van der Waals surface area contributed by atoms with Gasteiger partial charge >= 0.3 is 5.97 Å². The first-order chi connectivity index (χ1) is 7.16. The lowest BCUT2D eigenvalue weighted by atomic mass is 10.2. The molecular formula is C10H8N2O3. The number of rotatable bonds is 2. The van der Waals surface area contributed by atoms with Crippen molar-refractivity contribution in [2.24, 2.45) is 0 Å². The first kappa shape index (κ1) is 9.39. The fraction of sp³-hybridized carbons (Fsp3) is 0.100. The number of pyridine rings is 1. The van der Waals surface area contributed by atoms with Gasteiger partial charge < -0.3 is 9.63 Å². The molecule has 0 bridgehead atoms. The number of aromatic carboxylic acids is 1. The second-order valence-electron chi connectivity index (χ2n) is 3.07. The highest BCUT2D eigenvalue weighted by atomic mass is 16.5. The number of carbonyl (C=O) groups is 1. The summed E-state index contributed by atoms with van der Waals surface area (Å²) in [5, 5.41) is 12.1. The van der Waals surface area contributed by atoms with Gasteiger partial charge in [0.25, 0.3) is 0 Å². The molecule has 0 aliphatic heterocycles. The largest absolute Gasteiger partial charge is 0.476 e. The highest BCUT2D eigenvalue weighted by molar-refractivity contribution is 5.86. The Balaban J connectivity index is 2.41. The van der Waals surface area contributed by atoms with Crippen molar-refractivity contribution in [1.82, 2.24) is 10.1 Å². The molecule has 5 heteroatoms. The number of carboxylic acid groups (broad SMARTS) is 1. The van der Waals surface area contributed by atoms with E-state index in [0.717, 1.165) is 11.3 Å². The number of hydrogen-bond donors (Lipinski definition) is 1. The van der Waals surface area contributed by atoms with Gasteiger partial charge in [0.05, 0.1) is 0 Å². The van der Waals surface area contributed by atoms with Crippen molar-refractivity contribution >= 4 is 5.97 Å². The van der Waals surface area contributed by atoms with Crippen molar-refractivity contribution in [3.05, 3.63) is 35.8 Å². The lowest BCUT2D eigenvalue weighted by Gasteiger charge is -1.95. The highest BCUT2D eigenvalue weighted by Gasteiger charge is 2.11. The van der Waals surface area contributed by atoms with Crippen LogP contribution in [0.3, 0.4) is 0 Å². The third kappa shape index (κ3) is 1.85. The van der Waals surface area contributed by atoms with Crippen LogP contribution in [0.15, 0.2) is 28.9 Å². The van der Waals surface area contributed by atoms with Crippen LogP contribution >= 0.6 is 0 Å². The van der Waals surface area contributed by atoms with Gasteiger partial charge in [-0.15, -0.1) is 0 Å². The van der Waals surface area contributed by atoms with Gasteiger partial charge in [-0.25, -0.2) is 4.79 Å². The Morgan fingerprint density at radius 1 is 1.47 bits per heavy atom. The van der Waals surface area contributed by atoms with Crippen LogP contribution in [0.2, 0.25) is 0 Å². The Morgan fingerprint density at radius 3 is 2.87 bits per heavy atom. The van der Waals surface area contributed by atoms with Crippen molar-refractivity contribution in [3.8, 4) is 11.3 Å². The van der Waals surface area contributed by atoms with Crippen molar-refractivity contribution in [2.45, 2.75) is 6.92 Å². The van der Waals surface area contributed by atoms with E-state index in [1.807, 2.05) is 6.92 Å². The smallest absolute Gasteiger partial charge is 0.358 e. The van der Waals surface area contributed by atoms with Crippen LogP contribution in [0.25, 0.3) is 11.3 Å². The fourth-order valence-electron chi connectivity index (χ4n) is 1.21. The molecule has 0 fully saturated rings. The first-order valence-electron chi connectivity index (χ1n) is 4.30. The molecule has 0 unspecified atom stereocenters. The lowest BCUT2D eigenvalue weighted by Crippen LogP contribution is -1.94. The normalized spacial score (nSPS) is 10.2. The summed E-state index contributed by atoms with van der Waals surface area (Å²) in [7, 11) is 0. The van der Waals surface area contributed by atoms with Gasteiger partial charge in [-0.05, 0) is 19.1 Å². The Kier molecular flexibility index (Phi) is 2.21. The zero-order chi connectivity index (χ0) is 10.8. The number of aromatic nitrogens is 2. The van der Waals surface area contributed by atoms with Crippen LogP contribution in [-0.4, -0.2) is 21.2 Å². The molecule has 76 valence electrons. The molecule has 2 aromatic heterocycles.